The maximum atomic E-state index is 12.5. The molecule has 22 heavy (non-hydrogen) atoms. The molecule has 0 spiro atoms. The molecule has 122 valence electrons. The fraction of sp³-hybridized carbons (Fsp3) is 0.562. The maximum Gasteiger partial charge on any atom is 0.303 e. The van der Waals surface area contributed by atoms with Crippen LogP contribution in [0.3, 0.4) is 0 Å². The standard InChI is InChI=1S/C16H23NO4S/c1-16(2,10-9-15(18)19)17-22(20,21)14-8-7-12-5-3-4-6-13(12)11-14/h7-8,11,17H,3-6,9-10H2,1-2H3,(H,18,19). The van der Waals surface area contributed by atoms with Crippen molar-refractivity contribution in [3.63, 3.8) is 0 Å². The maximum absolute atomic E-state index is 12.5. The summed E-state index contributed by atoms with van der Waals surface area (Å²) in [5.74, 6) is -0.930. The predicted molar refractivity (Wildman–Crippen MR) is 84.4 cm³/mol. The fourth-order valence-corrected chi connectivity index (χ4v) is 4.26. The zero-order valence-corrected chi connectivity index (χ0v) is 13.9. The van der Waals surface area contributed by atoms with Gasteiger partial charge in [-0.15, -0.1) is 0 Å². The Morgan fingerprint density at radius 3 is 2.50 bits per heavy atom. The van der Waals surface area contributed by atoms with Crippen LogP contribution in [0.5, 0.6) is 0 Å². The number of carbonyl (C=O) groups is 1. The smallest absolute Gasteiger partial charge is 0.303 e. The highest BCUT2D eigenvalue weighted by molar-refractivity contribution is 7.89. The lowest BCUT2D eigenvalue weighted by molar-refractivity contribution is -0.137. The van der Waals surface area contributed by atoms with E-state index in [1.54, 1.807) is 26.0 Å². The van der Waals surface area contributed by atoms with Crippen LogP contribution in [0.4, 0.5) is 0 Å². The number of sulfonamides is 1. The van der Waals surface area contributed by atoms with E-state index in [0.717, 1.165) is 31.2 Å². The molecular weight excluding hydrogens is 302 g/mol. The van der Waals surface area contributed by atoms with E-state index < -0.39 is 21.5 Å². The molecule has 2 rings (SSSR count). The first-order chi connectivity index (χ1) is 10.2. The number of carboxylic acid groups (broad SMARTS) is 1. The summed E-state index contributed by atoms with van der Waals surface area (Å²) in [7, 11) is -3.64. The second-order valence-electron chi connectivity index (χ2n) is 6.52. The molecule has 0 heterocycles. The molecule has 1 aliphatic rings. The van der Waals surface area contributed by atoms with Crippen molar-refractivity contribution >= 4 is 16.0 Å². The van der Waals surface area contributed by atoms with Crippen LogP contribution >= 0.6 is 0 Å². The van der Waals surface area contributed by atoms with Crippen molar-refractivity contribution in [3.05, 3.63) is 29.3 Å². The Bertz CT molecular complexity index is 665. The van der Waals surface area contributed by atoms with Gasteiger partial charge in [0.05, 0.1) is 4.90 Å². The molecule has 0 radical (unpaired) electrons. The fourth-order valence-electron chi connectivity index (χ4n) is 2.77. The lowest BCUT2D eigenvalue weighted by Crippen LogP contribution is -2.43. The largest absolute Gasteiger partial charge is 0.481 e. The second kappa shape index (κ2) is 6.38. The number of hydrogen-bond acceptors (Lipinski definition) is 3. The predicted octanol–water partition coefficient (Wildman–Crippen LogP) is 2.49. The number of aryl methyl sites for hydroxylation is 2. The number of benzene rings is 1. The van der Waals surface area contributed by atoms with E-state index >= 15 is 0 Å². The van der Waals surface area contributed by atoms with Gasteiger partial charge in [0.15, 0.2) is 0 Å². The van der Waals surface area contributed by atoms with E-state index in [9.17, 15) is 13.2 Å². The molecule has 1 aliphatic carbocycles. The van der Waals surface area contributed by atoms with E-state index in [2.05, 4.69) is 4.72 Å². The summed E-state index contributed by atoms with van der Waals surface area (Å²) in [4.78, 5) is 10.9. The number of aliphatic carboxylic acids is 1. The van der Waals surface area contributed by atoms with Gasteiger partial charge in [0.25, 0.3) is 0 Å². The van der Waals surface area contributed by atoms with Crippen LogP contribution in [0.25, 0.3) is 0 Å². The van der Waals surface area contributed by atoms with Crippen molar-refractivity contribution in [2.45, 2.75) is 62.8 Å². The minimum atomic E-state index is -3.64. The third kappa shape index (κ3) is 4.30. The van der Waals surface area contributed by atoms with Crippen molar-refractivity contribution in [1.29, 1.82) is 0 Å². The van der Waals surface area contributed by atoms with Crippen molar-refractivity contribution in [3.8, 4) is 0 Å². The topological polar surface area (TPSA) is 83.5 Å². The third-order valence-corrected chi connectivity index (χ3v) is 5.70. The van der Waals surface area contributed by atoms with Gasteiger partial charge < -0.3 is 5.11 Å². The number of nitrogens with one attached hydrogen (secondary N) is 1. The lowest BCUT2D eigenvalue weighted by atomic mass is 9.92. The van der Waals surface area contributed by atoms with Gasteiger partial charge in [0.1, 0.15) is 0 Å². The number of carboxylic acids is 1. The van der Waals surface area contributed by atoms with Crippen LogP contribution in [0, 0.1) is 0 Å². The Labute approximate surface area is 131 Å². The molecule has 0 saturated heterocycles. The minimum absolute atomic E-state index is 0.0697. The normalized spacial score (nSPS) is 15.4. The molecule has 0 fully saturated rings. The highest BCUT2D eigenvalue weighted by atomic mass is 32.2. The average Bonchev–Trinajstić information content (AvgIpc) is 2.44. The quantitative estimate of drug-likeness (QED) is 0.841. The molecule has 0 unspecified atom stereocenters. The molecule has 2 N–H and O–H groups in total. The molecule has 0 amide bonds. The van der Waals surface area contributed by atoms with E-state index in [4.69, 9.17) is 5.11 Å². The van der Waals surface area contributed by atoms with Crippen LogP contribution in [0.15, 0.2) is 23.1 Å². The SMILES string of the molecule is CC(C)(CCC(=O)O)NS(=O)(=O)c1ccc2c(c1)CCCC2. The molecule has 5 nitrogen and oxygen atoms in total. The van der Waals surface area contributed by atoms with Gasteiger partial charge in [-0.2, -0.15) is 0 Å². The number of rotatable bonds is 6. The van der Waals surface area contributed by atoms with Crippen LogP contribution in [0.2, 0.25) is 0 Å². The molecule has 1 aromatic rings. The summed E-state index contributed by atoms with van der Waals surface area (Å²) in [6.07, 6.45) is 4.34. The molecule has 1 aromatic carbocycles. The third-order valence-electron chi connectivity index (χ3n) is 4.00. The van der Waals surface area contributed by atoms with Gasteiger partial charge in [0, 0.05) is 12.0 Å². The van der Waals surface area contributed by atoms with Crippen molar-refractivity contribution in [2.24, 2.45) is 0 Å². The first-order valence-corrected chi connectivity index (χ1v) is 9.05. The highest BCUT2D eigenvalue weighted by Crippen LogP contribution is 2.25. The number of fused-ring (bicyclic) bond motifs is 1. The Morgan fingerprint density at radius 1 is 1.23 bits per heavy atom. The molecule has 0 atom stereocenters. The van der Waals surface area contributed by atoms with Gasteiger partial charge in [-0.1, -0.05) is 6.07 Å². The molecule has 0 aromatic heterocycles. The van der Waals surface area contributed by atoms with Gasteiger partial charge in [-0.3, -0.25) is 4.79 Å². The average molecular weight is 325 g/mol. The van der Waals surface area contributed by atoms with Gasteiger partial charge in [-0.05, 0) is 69.2 Å². The van der Waals surface area contributed by atoms with Gasteiger partial charge in [-0.25, -0.2) is 13.1 Å². The minimum Gasteiger partial charge on any atom is -0.481 e. The van der Waals surface area contributed by atoms with E-state index in [1.807, 2.05) is 6.07 Å². The van der Waals surface area contributed by atoms with Crippen LogP contribution < -0.4 is 4.72 Å². The molecule has 0 aliphatic heterocycles. The zero-order chi connectivity index (χ0) is 16.4. The van der Waals surface area contributed by atoms with Gasteiger partial charge in [0.2, 0.25) is 10.0 Å². The van der Waals surface area contributed by atoms with E-state index in [-0.39, 0.29) is 17.7 Å². The molecule has 0 bridgehead atoms. The first-order valence-electron chi connectivity index (χ1n) is 7.57. The van der Waals surface area contributed by atoms with E-state index in [0.29, 0.717) is 0 Å². The summed E-state index contributed by atoms with van der Waals surface area (Å²) in [5.41, 5.74) is 1.54. The van der Waals surface area contributed by atoms with Crippen LogP contribution in [-0.2, 0) is 27.7 Å². The number of hydrogen-bond donors (Lipinski definition) is 2. The van der Waals surface area contributed by atoms with E-state index in [1.165, 1.54) is 5.56 Å². The summed E-state index contributed by atoms with van der Waals surface area (Å²) in [6, 6.07) is 5.29. The summed E-state index contributed by atoms with van der Waals surface area (Å²) in [5, 5.41) is 8.75. The van der Waals surface area contributed by atoms with Crippen LogP contribution in [0.1, 0.15) is 50.7 Å². The van der Waals surface area contributed by atoms with Crippen molar-refractivity contribution < 1.29 is 18.3 Å². The zero-order valence-electron chi connectivity index (χ0n) is 13.1. The summed E-state index contributed by atoms with van der Waals surface area (Å²) >= 11 is 0. The first kappa shape index (κ1) is 17.0. The van der Waals surface area contributed by atoms with Gasteiger partial charge >= 0.3 is 5.97 Å². The van der Waals surface area contributed by atoms with Crippen molar-refractivity contribution in [2.75, 3.05) is 0 Å². The molecule has 0 saturated carbocycles. The summed E-state index contributed by atoms with van der Waals surface area (Å²) in [6.45, 7) is 3.40. The Balaban J connectivity index is 2.17. The Hall–Kier alpha value is -1.40. The Morgan fingerprint density at radius 2 is 1.86 bits per heavy atom. The second-order valence-corrected chi connectivity index (χ2v) is 8.20. The van der Waals surface area contributed by atoms with Crippen molar-refractivity contribution in [1.82, 2.24) is 4.72 Å². The summed E-state index contributed by atoms with van der Waals surface area (Å²) < 4.78 is 27.7. The molecule has 6 heteroatoms. The molecular formula is C16H23NO4S. The monoisotopic (exact) mass is 325 g/mol. The lowest BCUT2D eigenvalue weighted by Gasteiger charge is -2.26. The van der Waals surface area contributed by atoms with Crippen LogP contribution in [-0.4, -0.2) is 25.0 Å². The Kier molecular flexibility index (Phi) is 4.92. The highest BCUT2D eigenvalue weighted by Gasteiger charge is 2.27.